The highest BCUT2D eigenvalue weighted by Crippen LogP contribution is 2.08. The minimum absolute atomic E-state index is 0.413. The summed E-state index contributed by atoms with van der Waals surface area (Å²) < 4.78 is 5.13. The van der Waals surface area contributed by atoms with Crippen LogP contribution in [-0.2, 0) is 12.8 Å². The third-order valence-corrected chi connectivity index (χ3v) is 2.83. The molecular formula is C11H19N3O2. The fourth-order valence-corrected chi connectivity index (χ4v) is 2.00. The van der Waals surface area contributed by atoms with Crippen LogP contribution in [0, 0.1) is 0 Å². The molecule has 0 saturated carbocycles. The molecule has 0 amide bonds. The van der Waals surface area contributed by atoms with Gasteiger partial charge < -0.3 is 14.5 Å². The van der Waals surface area contributed by atoms with Gasteiger partial charge in [0.1, 0.15) is 0 Å². The number of hydrogen-bond acceptors (Lipinski definition) is 5. The van der Waals surface area contributed by atoms with Gasteiger partial charge in [-0.2, -0.15) is 4.98 Å². The van der Waals surface area contributed by atoms with Crippen LogP contribution in [0.25, 0.3) is 0 Å². The normalized spacial score (nSPS) is 19.1. The zero-order valence-electron chi connectivity index (χ0n) is 9.72. The average Bonchev–Trinajstić information content (AvgIpc) is 2.84. The van der Waals surface area contributed by atoms with Gasteiger partial charge in [0, 0.05) is 19.4 Å². The van der Waals surface area contributed by atoms with E-state index < -0.39 is 6.10 Å². The van der Waals surface area contributed by atoms with Gasteiger partial charge in [0.25, 0.3) is 0 Å². The van der Waals surface area contributed by atoms with Gasteiger partial charge in [-0.15, -0.1) is 0 Å². The third-order valence-electron chi connectivity index (χ3n) is 2.83. The first-order valence-electron chi connectivity index (χ1n) is 5.96. The first kappa shape index (κ1) is 11.5. The Labute approximate surface area is 95.4 Å². The highest BCUT2D eigenvalue weighted by molar-refractivity contribution is 4.88. The fourth-order valence-electron chi connectivity index (χ4n) is 2.00. The van der Waals surface area contributed by atoms with Crippen LogP contribution < -0.4 is 0 Å². The lowest BCUT2D eigenvalue weighted by Crippen LogP contribution is -2.22. The number of nitrogens with zero attached hydrogens (tertiary/aromatic N) is 3. The molecule has 0 bridgehead atoms. The number of aliphatic hydroxyl groups is 1. The molecule has 1 fully saturated rings. The molecule has 1 aliphatic heterocycles. The monoisotopic (exact) mass is 225 g/mol. The minimum Gasteiger partial charge on any atom is -0.393 e. The summed E-state index contributed by atoms with van der Waals surface area (Å²) >= 11 is 0. The molecule has 0 spiro atoms. The smallest absolute Gasteiger partial charge is 0.227 e. The van der Waals surface area contributed by atoms with E-state index in [0.29, 0.717) is 18.1 Å². The van der Waals surface area contributed by atoms with Gasteiger partial charge in [-0.25, -0.2) is 0 Å². The Bertz CT molecular complexity index is 319. The van der Waals surface area contributed by atoms with E-state index >= 15 is 0 Å². The third kappa shape index (κ3) is 3.28. The molecule has 16 heavy (non-hydrogen) atoms. The van der Waals surface area contributed by atoms with Crippen molar-refractivity contribution in [2.75, 3.05) is 19.6 Å². The summed E-state index contributed by atoms with van der Waals surface area (Å²) in [5, 5.41) is 13.0. The van der Waals surface area contributed by atoms with Crippen LogP contribution in [0.4, 0.5) is 0 Å². The maximum atomic E-state index is 9.19. The quantitative estimate of drug-likeness (QED) is 0.796. The van der Waals surface area contributed by atoms with Crippen LogP contribution in [0.1, 0.15) is 31.5 Å². The second-order valence-electron chi connectivity index (χ2n) is 4.46. The number of aliphatic hydroxyl groups excluding tert-OH is 1. The summed E-state index contributed by atoms with van der Waals surface area (Å²) in [6.07, 6.45) is 3.47. The molecule has 1 aliphatic rings. The van der Waals surface area contributed by atoms with Crippen molar-refractivity contribution in [2.45, 2.75) is 38.7 Å². The highest BCUT2D eigenvalue weighted by atomic mass is 16.5. The molecule has 1 atom stereocenters. The number of aromatic nitrogens is 2. The van der Waals surface area contributed by atoms with Crippen LogP contribution in [0.3, 0.4) is 0 Å². The molecule has 1 unspecified atom stereocenters. The summed E-state index contributed by atoms with van der Waals surface area (Å²) in [6.45, 7) is 5.10. The topological polar surface area (TPSA) is 62.4 Å². The Morgan fingerprint density at radius 1 is 1.44 bits per heavy atom. The summed E-state index contributed by atoms with van der Waals surface area (Å²) in [7, 11) is 0. The molecule has 1 N–H and O–H groups in total. The molecule has 5 heteroatoms. The van der Waals surface area contributed by atoms with Gasteiger partial charge in [0.15, 0.2) is 5.82 Å². The Morgan fingerprint density at radius 3 is 2.88 bits per heavy atom. The predicted molar refractivity (Wildman–Crippen MR) is 59.1 cm³/mol. The van der Waals surface area contributed by atoms with Crippen molar-refractivity contribution in [1.82, 2.24) is 15.0 Å². The SMILES string of the molecule is CC(O)Cc1noc(CCN2CCCC2)n1. The van der Waals surface area contributed by atoms with Crippen molar-refractivity contribution >= 4 is 0 Å². The first-order chi connectivity index (χ1) is 7.74. The van der Waals surface area contributed by atoms with Crippen molar-refractivity contribution in [2.24, 2.45) is 0 Å². The fraction of sp³-hybridized carbons (Fsp3) is 0.818. The Balaban J connectivity index is 1.78. The second-order valence-corrected chi connectivity index (χ2v) is 4.46. The molecule has 2 rings (SSSR count). The van der Waals surface area contributed by atoms with E-state index in [1.165, 1.54) is 25.9 Å². The molecule has 1 saturated heterocycles. The van der Waals surface area contributed by atoms with Crippen LogP contribution in [0.2, 0.25) is 0 Å². The standard InChI is InChI=1S/C11H19N3O2/c1-9(15)8-10-12-11(16-13-10)4-7-14-5-2-3-6-14/h9,15H,2-8H2,1H3. The Kier molecular flexibility index (Phi) is 3.90. The van der Waals surface area contributed by atoms with Crippen molar-refractivity contribution in [3.63, 3.8) is 0 Å². The molecule has 90 valence electrons. The van der Waals surface area contributed by atoms with Crippen molar-refractivity contribution in [1.29, 1.82) is 0 Å². The molecule has 0 radical (unpaired) electrons. The summed E-state index contributed by atoms with van der Waals surface area (Å²) in [6, 6.07) is 0. The zero-order valence-corrected chi connectivity index (χ0v) is 9.72. The maximum Gasteiger partial charge on any atom is 0.227 e. The summed E-state index contributed by atoms with van der Waals surface area (Å²) in [5.41, 5.74) is 0. The number of hydrogen-bond donors (Lipinski definition) is 1. The predicted octanol–water partition coefficient (Wildman–Crippen LogP) is 0.631. The molecule has 0 aliphatic carbocycles. The van der Waals surface area contributed by atoms with Gasteiger partial charge >= 0.3 is 0 Å². The number of likely N-dealkylation sites (tertiary alicyclic amines) is 1. The summed E-state index contributed by atoms with van der Waals surface area (Å²) in [4.78, 5) is 6.66. The van der Waals surface area contributed by atoms with E-state index in [-0.39, 0.29) is 0 Å². The average molecular weight is 225 g/mol. The van der Waals surface area contributed by atoms with Crippen LogP contribution in [-0.4, -0.2) is 45.9 Å². The van der Waals surface area contributed by atoms with E-state index in [1.807, 2.05) is 0 Å². The lowest BCUT2D eigenvalue weighted by molar-refractivity contribution is 0.191. The van der Waals surface area contributed by atoms with Crippen molar-refractivity contribution < 1.29 is 9.63 Å². The van der Waals surface area contributed by atoms with E-state index in [4.69, 9.17) is 4.52 Å². The van der Waals surface area contributed by atoms with Crippen LogP contribution in [0.15, 0.2) is 4.52 Å². The van der Waals surface area contributed by atoms with Gasteiger partial charge in [-0.05, 0) is 32.9 Å². The van der Waals surface area contributed by atoms with Crippen LogP contribution in [0.5, 0.6) is 0 Å². The Morgan fingerprint density at radius 2 is 2.19 bits per heavy atom. The highest BCUT2D eigenvalue weighted by Gasteiger charge is 2.13. The van der Waals surface area contributed by atoms with E-state index in [0.717, 1.165) is 13.0 Å². The molecular weight excluding hydrogens is 206 g/mol. The summed E-state index contributed by atoms with van der Waals surface area (Å²) in [5.74, 6) is 1.29. The lowest BCUT2D eigenvalue weighted by Gasteiger charge is -2.11. The maximum absolute atomic E-state index is 9.19. The lowest BCUT2D eigenvalue weighted by atomic mass is 10.3. The molecule has 1 aromatic rings. The molecule has 1 aromatic heterocycles. The van der Waals surface area contributed by atoms with E-state index in [2.05, 4.69) is 15.0 Å². The van der Waals surface area contributed by atoms with Crippen LogP contribution >= 0.6 is 0 Å². The molecule has 5 nitrogen and oxygen atoms in total. The zero-order chi connectivity index (χ0) is 11.4. The van der Waals surface area contributed by atoms with Gasteiger partial charge in [0.05, 0.1) is 6.10 Å². The van der Waals surface area contributed by atoms with E-state index in [9.17, 15) is 5.11 Å². The van der Waals surface area contributed by atoms with Crippen molar-refractivity contribution in [3.05, 3.63) is 11.7 Å². The van der Waals surface area contributed by atoms with Gasteiger partial charge in [-0.1, -0.05) is 5.16 Å². The largest absolute Gasteiger partial charge is 0.393 e. The first-order valence-corrected chi connectivity index (χ1v) is 5.96. The Hall–Kier alpha value is -0.940. The number of rotatable bonds is 5. The molecule has 2 heterocycles. The molecule has 0 aromatic carbocycles. The second kappa shape index (κ2) is 5.41. The van der Waals surface area contributed by atoms with E-state index in [1.54, 1.807) is 6.92 Å². The van der Waals surface area contributed by atoms with Gasteiger partial charge in [0.2, 0.25) is 5.89 Å². The minimum atomic E-state index is -0.413. The van der Waals surface area contributed by atoms with Crippen molar-refractivity contribution in [3.8, 4) is 0 Å². The van der Waals surface area contributed by atoms with Gasteiger partial charge in [-0.3, -0.25) is 0 Å².